The number of nitrogen functional groups attached to an aromatic ring is 1. The quantitative estimate of drug-likeness (QED) is 0.879. The van der Waals surface area contributed by atoms with Gasteiger partial charge in [0.25, 0.3) is 5.91 Å². The van der Waals surface area contributed by atoms with Crippen LogP contribution in [0, 0.1) is 5.82 Å². The molecule has 0 aliphatic carbocycles. The highest BCUT2D eigenvalue weighted by atomic mass is 19.1. The zero-order valence-corrected chi connectivity index (χ0v) is 10.3. The minimum atomic E-state index is -0.265. The van der Waals surface area contributed by atoms with E-state index in [1.165, 1.54) is 24.5 Å². The summed E-state index contributed by atoms with van der Waals surface area (Å²) in [4.78, 5) is 15.6. The Bertz CT molecular complexity index is 569. The molecule has 1 aromatic heterocycles. The Balaban J connectivity index is 1.86. The number of hydrogen-bond acceptors (Lipinski definition) is 3. The standard InChI is InChI=1S/C14H14FN3O/c15-12-3-1-10(2-4-12)5-6-18-14(19)11-7-13(16)9-17-8-11/h1-4,7-9H,5-6,16H2,(H,18,19). The Hall–Kier alpha value is -2.43. The van der Waals surface area contributed by atoms with Crippen molar-refractivity contribution in [1.29, 1.82) is 0 Å². The van der Waals surface area contributed by atoms with Gasteiger partial charge in [0, 0.05) is 18.9 Å². The van der Waals surface area contributed by atoms with E-state index in [9.17, 15) is 9.18 Å². The molecule has 0 fully saturated rings. The summed E-state index contributed by atoms with van der Waals surface area (Å²) in [5.41, 5.74) is 7.40. The number of aromatic nitrogens is 1. The summed E-state index contributed by atoms with van der Waals surface area (Å²) in [5.74, 6) is -0.486. The molecule has 0 saturated carbocycles. The molecule has 1 aromatic carbocycles. The van der Waals surface area contributed by atoms with Gasteiger partial charge in [-0.1, -0.05) is 12.1 Å². The van der Waals surface area contributed by atoms with Crippen molar-refractivity contribution in [1.82, 2.24) is 10.3 Å². The average Bonchev–Trinajstić information content (AvgIpc) is 2.41. The molecule has 1 heterocycles. The van der Waals surface area contributed by atoms with Gasteiger partial charge in [-0.05, 0) is 30.2 Å². The number of halogens is 1. The minimum Gasteiger partial charge on any atom is -0.397 e. The first kappa shape index (κ1) is 13.0. The largest absolute Gasteiger partial charge is 0.397 e. The van der Waals surface area contributed by atoms with Crippen LogP contribution in [0.4, 0.5) is 10.1 Å². The molecule has 0 saturated heterocycles. The third kappa shape index (κ3) is 3.77. The number of nitrogens with zero attached hydrogens (tertiary/aromatic N) is 1. The number of pyridine rings is 1. The lowest BCUT2D eigenvalue weighted by atomic mass is 10.1. The first-order valence-electron chi connectivity index (χ1n) is 5.88. The molecule has 2 rings (SSSR count). The van der Waals surface area contributed by atoms with E-state index >= 15 is 0 Å². The van der Waals surface area contributed by atoms with E-state index in [-0.39, 0.29) is 11.7 Å². The lowest BCUT2D eigenvalue weighted by Crippen LogP contribution is -2.25. The van der Waals surface area contributed by atoms with Gasteiger partial charge >= 0.3 is 0 Å². The Morgan fingerprint density at radius 2 is 2.00 bits per heavy atom. The summed E-state index contributed by atoms with van der Waals surface area (Å²) in [6.45, 7) is 0.471. The molecule has 1 amide bonds. The fourth-order valence-corrected chi connectivity index (χ4v) is 1.66. The van der Waals surface area contributed by atoms with Gasteiger partial charge < -0.3 is 11.1 Å². The highest BCUT2D eigenvalue weighted by Crippen LogP contribution is 2.05. The maximum Gasteiger partial charge on any atom is 0.252 e. The second kappa shape index (κ2) is 5.95. The highest BCUT2D eigenvalue weighted by Gasteiger charge is 2.05. The number of nitrogens with one attached hydrogen (secondary N) is 1. The van der Waals surface area contributed by atoms with E-state index in [2.05, 4.69) is 10.3 Å². The topological polar surface area (TPSA) is 68.0 Å². The van der Waals surface area contributed by atoms with Gasteiger partial charge in [-0.15, -0.1) is 0 Å². The van der Waals surface area contributed by atoms with Crippen LogP contribution in [0.2, 0.25) is 0 Å². The van der Waals surface area contributed by atoms with E-state index < -0.39 is 0 Å². The number of hydrogen-bond donors (Lipinski definition) is 2. The molecule has 0 bridgehead atoms. The van der Waals surface area contributed by atoms with Crippen LogP contribution < -0.4 is 11.1 Å². The number of benzene rings is 1. The van der Waals surface area contributed by atoms with Gasteiger partial charge in [0.15, 0.2) is 0 Å². The molecule has 19 heavy (non-hydrogen) atoms. The van der Waals surface area contributed by atoms with Crippen molar-refractivity contribution >= 4 is 11.6 Å². The first-order chi connectivity index (χ1) is 9.15. The Morgan fingerprint density at radius 3 is 2.68 bits per heavy atom. The van der Waals surface area contributed by atoms with Crippen LogP contribution in [-0.4, -0.2) is 17.4 Å². The molecular weight excluding hydrogens is 245 g/mol. The van der Waals surface area contributed by atoms with Crippen LogP contribution in [0.15, 0.2) is 42.7 Å². The van der Waals surface area contributed by atoms with Crippen molar-refractivity contribution in [2.75, 3.05) is 12.3 Å². The van der Waals surface area contributed by atoms with Gasteiger partial charge in [-0.2, -0.15) is 0 Å². The Morgan fingerprint density at radius 1 is 1.26 bits per heavy atom. The van der Waals surface area contributed by atoms with Gasteiger partial charge in [0.05, 0.1) is 11.3 Å². The summed E-state index contributed by atoms with van der Waals surface area (Å²) >= 11 is 0. The van der Waals surface area contributed by atoms with Gasteiger partial charge in [-0.25, -0.2) is 4.39 Å². The monoisotopic (exact) mass is 259 g/mol. The summed E-state index contributed by atoms with van der Waals surface area (Å²) in [6.07, 6.45) is 3.58. The van der Waals surface area contributed by atoms with E-state index in [0.717, 1.165) is 5.56 Å². The van der Waals surface area contributed by atoms with Crippen LogP contribution in [0.5, 0.6) is 0 Å². The summed E-state index contributed by atoms with van der Waals surface area (Å²) in [5, 5.41) is 2.76. The number of anilines is 1. The predicted octanol–water partition coefficient (Wildman–Crippen LogP) is 1.78. The number of carbonyl (C=O) groups excluding carboxylic acids is 1. The zero-order valence-electron chi connectivity index (χ0n) is 10.3. The van der Waals surface area contributed by atoms with E-state index in [4.69, 9.17) is 5.73 Å². The van der Waals surface area contributed by atoms with E-state index in [0.29, 0.717) is 24.2 Å². The second-order valence-electron chi connectivity index (χ2n) is 4.14. The lowest BCUT2D eigenvalue weighted by Gasteiger charge is -2.05. The summed E-state index contributed by atoms with van der Waals surface area (Å²) in [6, 6.07) is 7.77. The third-order valence-electron chi connectivity index (χ3n) is 2.63. The Kier molecular flexibility index (Phi) is 4.07. The van der Waals surface area contributed by atoms with Crippen molar-refractivity contribution in [3.8, 4) is 0 Å². The molecule has 4 nitrogen and oxygen atoms in total. The summed E-state index contributed by atoms with van der Waals surface area (Å²) < 4.78 is 12.7. The van der Waals surface area contributed by atoms with Gasteiger partial charge in [-0.3, -0.25) is 9.78 Å². The van der Waals surface area contributed by atoms with Crippen molar-refractivity contribution in [2.45, 2.75) is 6.42 Å². The molecule has 0 aliphatic rings. The van der Waals surface area contributed by atoms with Crippen LogP contribution >= 0.6 is 0 Å². The molecule has 0 atom stereocenters. The molecule has 0 aliphatic heterocycles. The fourth-order valence-electron chi connectivity index (χ4n) is 1.66. The lowest BCUT2D eigenvalue weighted by molar-refractivity contribution is 0.0954. The third-order valence-corrected chi connectivity index (χ3v) is 2.63. The molecule has 2 aromatic rings. The van der Waals surface area contributed by atoms with Gasteiger partial charge in [0.1, 0.15) is 5.82 Å². The van der Waals surface area contributed by atoms with E-state index in [1.54, 1.807) is 18.2 Å². The predicted molar refractivity (Wildman–Crippen MR) is 71.1 cm³/mol. The normalized spacial score (nSPS) is 10.2. The second-order valence-corrected chi connectivity index (χ2v) is 4.14. The van der Waals surface area contributed by atoms with Crippen LogP contribution in [0.1, 0.15) is 15.9 Å². The number of rotatable bonds is 4. The molecule has 98 valence electrons. The van der Waals surface area contributed by atoms with Crippen molar-refractivity contribution in [2.24, 2.45) is 0 Å². The number of nitrogens with two attached hydrogens (primary N) is 1. The number of amides is 1. The molecule has 3 N–H and O–H groups in total. The molecule has 0 unspecified atom stereocenters. The SMILES string of the molecule is Nc1cncc(C(=O)NCCc2ccc(F)cc2)c1. The van der Waals surface area contributed by atoms with Crippen molar-refractivity contribution in [3.63, 3.8) is 0 Å². The van der Waals surface area contributed by atoms with E-state index in [1.807, 2.05) is 0 Å². The average molecular weight is 259 g/mol. The molecule has 0 radical (unpaired) electrons. The van der Waals surface area contributed by atoms with Crippen molar-refractivity contribution < 1.29 is 9.18 Å². The van der Waals surface area contributed by atoms with Gasteiger partial charge in [0.2, 0.25) is 0 Å². The summed E-state index contributed by atoms with van der Waals surface area (Å²) in [7, 11) is 0. The van der Waals surface area contributed by atoms with Crippen LogP contribution in [0.3, 0.4) is 0 Å². The maximum atomic E-state index is 12.7. The van der Waals surface area contributed by atoms with Crippen molar-refractivity contribution in [3.05, 3.63) is 59.7 Å². The fraction of sp³-hybridized carbons (Fsp3) is 0.143. The zero-order chi connectivity index (χ0) is 13.7. The highest BCUT2D eigenvalue weighted by molar-refractivity contribution is 5.94. The maximum absolute atomic E-state index is 12.7. The molecular formula is C14H14FN3O. The smallest absolute Gasteiger partial charge is 0.252 e. The molecule has 5 heteroatoms. The number of carbonyl (C=O) groups is 1. The van der Waals surface area contributed by atoms with Crippen LogP contribution in [-0.2, 0) is 6.42 Å². The molecule has 0 spiro atoms. The minimum absolute atomic E-state index is 0.220. The van der Waals surface area contributed by atoms with Crippen LogP contribution in [0.25, 0.3) is 0 Å². The Labute approximate surface area is 110 Å². The first-order valence-corrected chi connectivity index (χ1v) is 5.88.